The molecule has 2 aromatic rings. The second-order valence-corrected chi connectivity index (χ2v) is 5.66. The maximum Gasteiger partial charge on any atom is 0.274 e. The van der Waals surface area contributed by atoms with E-state index in [4.69, 9.17) is 9.47 Å². The average molecular weight is 345 g/mol. The zero-order valence-electron chi connectivity index (χ0n) is 14.8. The van der Waals surface area contributed by atoms with Crippen LogP contribution in [0.3, 0.4) is 0 Å². The van der Waals surface area contributed by atoms with Crippen molar-refractivity contribution in [3.8, 4) is 5.75 Å². The first-order valence-electron chi connectivity index (χ1n) is 8.03. The quantitative estimate of drug-likeness (QED) is 0.722. The summed E-state index contributed by atoms with van der Waals surface area (Å²) >= 11 is 0. The van der Waals surface area contributed by atoms with Crippen molar-refractivity contribution in [3.63, 3.8) is 0 Å². The van der Waals surface area contributed by atoms with Gasteiger partial charge in [0.1, 0.15) is 18.1 Å². The molecule has 1 aromatic heterocycles. The largest absolute Gasteiger partial charge is 0.492 e. The van der Waals surface area contributed by atoms with E-state index in [9.17, 15) is 9.59 Å². The van der Waals surface area contributed by atoms with Gasteiger partial charge in [-0.2, -0.15) is 5.10 Å². The van der Waals surface area contributed by atoms with Crippen LogP contribution in [0.5, 0.6) is 5.75 Å². The van der Waals surface area contributed by atoms with Crippen molar-refractivity contribution in [2.24, 2.45) is 0 Å². The van der Waals surface area contributed by atoms with Gasteiger partial charge >= 0.3 is 0 Å². The number of rotatable bonds is 8. The number of carbonyl (C=O) groups is 1. The lowest BCUT2D eigenvalue weighted by atomic mass is 10.2. The number of likely N-dealkylation sites (N-methyl/N-ethyl adjacent to an activating group) is 1. The standard InChI is InChI=1S/C18H23N3O4/c1-14-4-6-15(7-5-14)25-13-10-20(2)18(23)16-8-9-17(22)21(19-16)11-12-24-3/h4-9H,10-13H2,1-3H3. The first-order chi connectivity index (χ1) is 12.0. The molecule has 0 atom stereocenters. The Labute approximate surface area is 146 Å². The van der Waals surface area contributed by atoms with Crippen LogP contribution < -0.4 is 10.3 Å². The summed E-state index contributed by atoms with van der Waals surface area (Å²) in [7, 11) is 3.22. The lowest BCUT2D eigenvalue weighted by molar-refractivity contribution is 0.0764. The van der Waals surface area contributed by atoms with Gasteiger partial charge in [0, 0.05) is 20.2 Å². The second kappa shape index (κ2) is 8.98. The fourth-order valence-electron chi connectivity index (χ4n) is 2.13. The summed E-state index contributed by atoms with van der Waals surface area (Å²) in [5.74, 6) is 0.497. The van der Waals surface area contributed by atoms with E-state index in [1.54, 1.807) is 14.2 Å². The molecule has 0 aliphatic rings. The molecular formula is C18H23N3O4. The topological polar surface area (TPSA) is 73.7 Å². The molecule has 0 N–H and O–H groups in total. The van der Waals surface area contributed by atoms with Crippen molar-refractivity contribution < 1.29 is 14.3 Å². The minimum absolute atomic E-state index is 0.216. The number of nitrogens with zero attached hydrogens (tertiary/aromatic N) is 3. The van der Waals surface area contributed by atoms with Crippen LogP contribution in [0.4, 0.5) is 0 Å². The molecule has 0 aliphatic heterocycles. The molecule has 7 heteroatoms. The van der Waals surface area contributed by atoms with Crippen molar-refractivity contribution in [3.05, 3.63) is 58.0 Å². The maximum absolute atomic E-state index is 12.4. The molecule has 0 spiro atoms. The highest BCUT2D eigenvalue weighted by Crippen LogP contribution is 2.11. The molecule has 0 fully saturated rings. The molecule has 7 nitrogen and oxygen atoms in total. The molecule has 134 valence electrons. The zero-order valence-corrected chi connectivity index (χ0v) is 14.8. The van der Waals surface area contributed by atoms with Crippen molar-refractivity contribution in [2.45, 2.75) is 13.5 Å². The minimum atomic E-state index is -0.265. The summed E-state index contributed by atoms with van der Waals surface area (Å²) < 4.78 is 11.8. The van der Waals surface area contributed by atoms with Crippen LogP contribution in [-0.4, -0.2) is 54.5 Å². The van der Waals surface area contributed by atoms with Gasteiger partial charge in [-0.15, -0.1) is 0 Å². The Morgan fingerprint density at radius 3 is 2.56 bits per heavy atom. The molecular weight excluding hydrogens is 322 g/mol. The Bertz CT molecular complexity index is 756. The van der Waals surface area contributed by atoms with E-state index in [2.05, 4.69) is 5.10 Å². The van der Waals surface area contributed by atoms with Crippen molar-refractivity contribution in [1.82, 2.24) is 14.7 Å². The average Bonchev–Trinajstić information content (AvgIpc) is 2.62. The number of carbonyl (C=O) groups excluding carboxylic acids is 1. The van der Waals surface area contributed by atoms with Crippen molar-refractivity contribution in [1.29, 1.82) is 0 Å². The molecule has 0 bridgehead atoms. The van der Waals surface area contributed by atoms with Crippen LogP contribution in [-0.2, 0) is 11.3 Å². The van der Waals surface area contributed by atoms with Gasteiger partial charge in [0.05, 0.1) is 19.7 Å². The lowest BCUT2D eigenvalue weighted by Gasteiger charge is -2.17. The van der Waals surface area contributed by atoms with Crippen LogP contribution in [0.25, 0.3) is 0 Å². The van der Waals surface area contributed by atoms with Gasteiger partial charge in [-0.05, 0) is 25.1 Å². The molecule has 0 unspecified atom stereocenters. The van der Waals surface area contributed by atoms with Gasteiger partial charge in [0.2, 0.25) is 0 Å². The predicted octanol–water partition coefficient (Wildman–Crippen LogP) is 1.35. The zero-order chi connectivity index (χ0) is 18.2. The van der Waals surface area contributed by atoms with E-state index in [1.165, 1.54) is 21.7 Å². The number of hydrogen-bond acceptors (Lipinski definition) is 5. The first kappa shape index (κ1) is 18.7. The number of hydrogen-bond donors (Lipinski definition) is 0. The Morgan fingerprint density at radius 2 is 1.88 bits per heavy atom. The number of aromatic nitrogens is 2. The van der Waals surface area contributed by atoms with Crippen LogP contribution >= 0.6 is 0 Å². The lowest BCUT2D eigenvalue weighted by Crippen LogP contribution is -2.34. The minimum Gasteiger partial charge on any atom is -0.492 e. The van der Waals surface area contributed by atoms with Crippen molar-refractivity contribution in [2.75, 3.05) is 33.9 Å². The number of amides is 1. The highest BCUT2D eigenvalue weighted by atomic mass is 16.5. The third-order valence-electron chi connectivity index (χ3n) is 3.66. The summed E-state index contributed by atoms with van der Waals surface area (Å²) in [6, 6.07) is 10.5. The maximum atomic E-state index is 12.4. The molecule has 1 amide bonds. The number of aryl methyl sites for hydroxylation is 1. The van der Waals surface area contributed by atoms with E-state index < -0.39 is 0 Å². The molecule has 1 heterocycles. The Balaban J connectivity index is 1.92. The van der Waals surface area contributed by atoms with Gasteiger partial charge in [0.15, 0.2) is 0 Å². The normalized spacial score (nSPS) is 10.5. The van der Waals surface area contributed by atoms with Crippen LogP contribution in [0.1, 0.15) is 16.1 Å². The summed E-state index contributed by atoms with van der Waals surface area (Å²) in [6.45, 7) is 3.44. The molecule has 0 aliphatic carbocycles. The Kier molecular flexibility index (Phi) is 6.71. The predicted molar refractivity (Wildman–Crippen MR) is 94.0 cm³/mol. The monoisotopic (exact) mass is 345 g/mol. The third kappa shape index (κ3) is 5.42. The molecule has 1 aromatic carbocycles. The molecule has 25 heavy (non-hydrogen) atoms. The van der Waals surface area contributed by atoms with E-state index in [0.29, 0.717) is 26.3 Å². The highest BCUT2D eigenvalue weighted by Gasteiger charge is 2.14. The van der Waals surface area contributed by atoms with Crippen LogP contribution in [0.15, 0.2) is 41.2 Å². The van der Waals surface area contributed by atoms with E-state index in [-0.39, 0.29) is 17.2 Å². The molecule has 2 rings (SSSR count). The summed E-state index contributed by atoms with van der Waals surface area (Å²) in [5, 5.41) is 4.10. The fraction of sp³-hybridized carbons (Fsp3) is 0.389. The van der Waals surface area contributed by atoms with Gasteiger partial charge in [-0.25, -0.2) is 4.68 Å². The fourth-order valence-corrected chi connectivity index (χ4v) is 2.13. The third-order valence-corrected chi connectivity index (χ3v) is 3.66. The number of benzene rings is 1. The van der Waals surface area contributed by atoms with E-state index in [1.807, 2.05) is 31.2 Å². The molecule has 0 radical (unpaired) electrons. The van der Waals surface area contributed by atoms with Gasteiger partial charge in [-0.1, -0.05) is 17.7 Å². The van der Waals surface area contributed by atoms with Crippen molar-refractivity contribution >= 4 is 5.91 Å². The smallest absolute Gasteiger partial charge is 0.274 e. The Hall–Kier alpha value is -2.67. The number of methoxy groups -OCH3 is 1. The van der Waals surface area contributed by atoms with Gasteiger partial charge in [-0.3, -0.25) is 9.59 Å². The van der Waals surface area contributed by atoms with Crippen LogP contribution in [0.2, 0.25) is 0 Å². The van der Waals surface area contributed by atoms with Crippen LogP contribution in [0, 0.1) is 6.92 Å². The summed E-state index contributed by atoms with van der Waals surface area (Å²) in [4.78, 5) is 25.7. The van der Waals surface area contributed by atoms with Gasteiger partial charge < -0.3 is 14.4 Å². The summed E-state index contributed by atoms with van der Waals surface area (Å²) in [6.07, 6.45) is 0. The Morgan fingerprint density at radius 1 is 1.16 bits per heavy atom. The van der Waals surface area contributed by atoms with E-state index in [0.717, 1.165) is 11.3 Å². The highest BCUT2D eigenvalue weighted by molar-refractivity contribution is 5.91. The SMILES string of the molecule is COCCn1nc(C(=O)N(C)CCOc2ccc(C)cc2)ccc1=O. The number of ether oxygens (including phenoxy) is 2. The second-order valence-electron chi connectivity index (χ2n) is 5.66. The van der Waals surface area contributed by atoms with E-state index >= 15 is 0 Å². The summed E-state index contributed by atoms with van der Waals surface area (Å²) in [5.41, 5.74) is 1.11. The molecule has 0 saturated carbocycles. The van der Waals surface area contributed by atoms with Gasteiger partial charge in [0.25, 0.3) is 11.5 Å². The molecule has 0 saturated heterocycles. The first-order valence-corrected chi connectivity index (χ1v) is 8.03.